The number of nitrogens with two attached hydrogens (primary N) is 1. The smallest absolute Gasteiger partial charge is 0.252 e. The maximum atomic E-state index is 11.9. The molecule has 1 aliphatic rings. The Morgan fingerprint density at radius 2 is 2.03 bits per heavy atom. The normalized spacial score (nSPS) is 15.6. The monoisotopic (exact) mass is 423 g/mol. The summed E-state index contributed by atoms with van der Waals surface area (Å²) in [6, 6.07) is 10.8. The molecule has 1 aromatic heterocycles. The summed E-state index contributed by atoms with van der Waals surface area (Å²) in [7, 11) is 3.10. The summed E-state index contributed by atoms with van der Waals surface area (Å²) < 4.78 is 22.1. The molecule has 3 N–H and O–H groups in total. The van der Waals surface area contributed by atoms with E-state index in [0.29, 0.717) is 40.9 Å². The standard InChI is InChI=1S/C23H25N3O5/c1-28-16-7-15(8-17(9-16)31-13-14-4-6-30-12-14)26-20-3-5-25-21-11-22(29-2)19(23(24)27)10-18(20)21/h3,5,7-11,14H,4,6,12-13H2,1-2H3,(H2,24,27)(H,25,26)/t14-/m0/s1. The number of nitrogens with one attached hydrogen (secondary N) is 1. The highest BCUT2D eigenvalue weighted by Gasteiger charge is 2.17. The zero-order chi connectivity index (χ0) is 21.8. The number of nitrogens with zero attached hydrogens (tertiary/aromatic N) is 1. The van der Waals surface area contributed by atoms with E-state index >= 15 is 0 Å². The number of carbonyl (C=O) groups is 1. The van der Waals surface area contributed by atoms with Crippen molar-refractivity contribution in [2.75, 3.05) is 39.4 Å². The second kappa shape index (κ2) is 9.09. The molecule has 0 radical (unpaired) electrons. The summed E-state index contributed by atoms with van der Waals surface area (Å²) in [5.41, 5.74) is 8.03. The Bertz CT molecular complexity index is 1100. The number of methoxy groups -OCH3 is 2. The molecular formula is C23H25N3O5. The van der Waals surface area contributed by atoms with Crippen LogP contribution < -0.4 is 25.3 Å². The molecule has 1 fully saturated rings. The molecular weight excluding hydrogens is 398 g/mol. The third-order valence-electron chi connectivity index (χ3n) is 5.23. The number of rotatable bonds is 8. The number of primary amides is 1. The second-order valence-electron chi connectivity index (χ2n) is 7.36. The number of ether oxygens (including phenoxy) is 4. The number of pyridine rings is 1. The van der Waals surface area contributed by atoms with Crippen molar-refractivity contribution in [3.8, 4) is 17.2 Å². The van der Waals surface area contributed by atoms with Crippen LogP contribution in [0.2, 0.25) is 0 Å². The number of fused-ring (bicyclic) bond motifs is 1. The van der Waals surface area contributed by atoms with Crippen molar-refractivity contribution in [2.45, 2.75) is 6.42 Å². The molecule has 8 heteroatoms. The van der Waals surface area contributed by atoms with Gasteiger partial charge in [-0.15, -0.1) is 0 Å². The molecule has 8 nitrogen and oxygen atoms in total. The van der Waals surface area contributed by atoms with Crippen LogP contribution in [0.1, 0.15) is 16.8 Å². The second-order valence-corrected chi connectivity index (χ2v) is 7.36. The number of carbonyl (C=O) groups excluding carboxylic acids is 1. The van der Waals surface area contributed by atoms with Crippen LogP contribution in [0.15, 0.2) is 42.6 Å². The Balaban J connectivity index is 1.65. The van der Waals surface area contributed by atoms with Gasteiger partial charge in [-0.25, -0.2) is 0 Å². The van der Waals surface area contributed by atoms with Crippen LogP contribution in [0.5, 0.6) is 17.2 Å². The molecule has 1 atom stereocenters. The minimum absolute atomic E-state index is 0.291. The third-order valence-corrected chi connectivity index (χ3v) is 5.23. The fraction of sp³-hybridized carbons (Fsp3) is 0.304. The Morgan fingerprint density at radius 3 is 2.74 bits per heavy atom. The minimum atomic E-state index is -0.568. The van der Waals surface area contributed by atoms with E-state index in [1.165, 1.54) is 7.11 Å². The van der Waals surface area contributed by atoms with Gasteiger partial charge in [-0.1, -0.05) is 0 Å². The first-order valence-electron chi connectivity index (χ1n) is 10.0. The summed E-state index contributed by atoms with van der Waals surface area (Å²) in [5.74, 6) is 1.58. The lowest BCUT2D eigenvalue weighted by atomic mass is 10.1. The molecule has 0 spiro atoms. The van der Waals surface area contributed by atoms with Crippen LogP contribution in [-0.2, 0) is 4.74 Å². The van der Waals surface area contributed by atoms with Gasteiger partial charge in [0, 0.05) is 59.7 Å². The van der Waals surface area contributed by atoms with Crippen LogP contribution in [0.4, 0.5) is 11.4 Å². The van der Waals surface area contributed by atoms with Gasteiger partial charge in [0.1, 0.15) is 17.2 Å². The van der Waals surface area contributed by atoms with E-state index in [4.69, 9.17) is 24.7 Å². The molecule has 1 amide bonds. The fourth-order valence-electron chi connectivity index (χ4n) is 3.57. The molecule has 2 heterocycles. The SMILES string of the molecule is COc1cc(Nc2ccnc3cc(OC)c(C(N)=O)cc23)cc(OC[C@H]2CCOC2)c1. The quantitative estimate of drug-likeness (QED) is 0.571. The van der Waals surface area contributed by atoms with E-state index in [9.17, 15) is 4.79 Å². The van der Waals surface area contributed by atoms with Gasteiger partial charge in [-0.05, 0) is 18.6 Å². The maximum Gasteiger partial charge on any atom is 0.252 e. The van der Waals surface area contributed by atoms with Crippen LogP contribution in [0.25, 0.3) is 10.9 Å². The lowest BCUT2D eigenvalue weighted by Crippen LogP contribution is -2.12. The first kappa shape index (κ1) is 20.7. The van der Waals surface area contributed by atoms with E-state index < -0.39 is 5.91 Å². The summed E-state index contributed by atoms with van der Waals surface area (Å²) in [6.45, 7) is 2.10. The molecule has 31 heavy (non-hydrogen) atoms. The third kappa shape index (κ3) is 4.64. The van der Waals surface area contributed by atoms with Gasteiger partial charge >= 0.3 is 0 Å². The van der Waals surface area contributed by atoms with Crippen molar-refractivity contribution in [3.63, 3.8) is 0 Å². The van der Waals surface area contributed by atoms with Crippen LogP contribution in [0.3, 0.4) is 0 Å². The van der Waals surface area contributed by atoms with Gasteiger partial charge in [0.15, 0.2) is 0 Å². The van der Waals surface area contributed by atoms with Gasteiger partial charge in [0.25, 0.3) is 5.91 Å². The van der Waals surface area contributed by atoms with Gasteiger partial charge in [-0.2, -0.15) is 0 Å². The lowest BCUT2D eigenvalue weighted by molar-refractivity contribution is 0.0997. The van der Waals surface area contributed by atoms with E-state index in [-0.39, 0.29) is 0 Å². The van der Waals surface area contributed by atoms with Crippen LogP contribution in [0, 0.1) is 5.92 Å². The number of amides is 1. The average molecular weight is 423 g/mol. The highest BCUT2D eigenvalue weighted by molar-refractivity contribution is 6.03. The van der Waals surface area contributed by atoms with E-state index in [1.54, 1.807) is 25.4 Å². The lowest BCUT2D eigenvalue weighted by Gasteiger charge is -2.15. The highest BCUT2D eigenvalue weighted by atomic mass is 16.5. The molecule has 4 rings (SSSR count). The first-order valence-corrected chi connectivity index (χ1v) is 10.0. The van der Waals surface area contributed by atoms with Crippen molar-refractivity contribution < 1.29 is 23.7 Å². The van der Waals surface area contributed by atoms with E-state index in [1.807, 2.05) is 24.3 Å². The maximum absolute atomic E-state index is 11.9. The van der Waals surface area contributed by atoms with Crippen LogP contribution in [-0.4, -0.2) is 44.9 Å². The summed E-state index contributed by atoms with van der Waals surface area (Å²) in [4.78, 5) is 16.2. The minimum Gasteiger partial charge on any atom is -0.497 e. The predicted octanol–water partition coefficient (Wildman–Crippen LogP) is 3.51. The summed E-state index contributed by atoms with van der Waals surface area (Å²) in [6.07, 6.45) is 2.69. The molecule has 3 aromatic rings. The topological polar surface area (TPSA) is 105 Å². The van der Waals surface area contributed by atoms with Gasteiger partial charge in [0.2, 0.25) is 0 Å². The first-order chi connectivity index (χ1) is 15.1. The predicted molar refractivity (Wildman–Crippen MR) is 118 cm³/mol. The number of anilines is 2. The number of hydrogen-bond donors (Lipinski definition) is 2. The van der Waals surface area contributed by atoms with Crippen molar-refractivity contribution in [2.24, 2.45) is 11.7 Å². The van der Waals surface area contributed by atoms with Crippen molar-refractivity contribution in [3.05, 3.63) is 48.2 Å². The van der Waals surface area contributed by atoms with Crippen molar-refractivity contribution in [1.29, 1.82) is 0 Å². The largest absolute Gasteiger partial charge is 0.497 e. The van der Waals surface area contributed by atoms with Gasteiger partial charge in [-0.3, -0.25) is 9.78 Å². The molecule has 2 aromatic carbocycles. The highest BCUT2D eigenvalue weighted by Crippen LogP contribution is 2.33. The Morgan fingerprint density at radius 1 is 1.19 bits per heavy atom. The molecule has 0 unspecified atom stereocenters. The zero-order valence-corrected chi connectivity index (χ0v) is 17.5. The number of benzene rings is 2. The van der Waals surface area contributed by atoms with E-state index in [0.717, 1.165) is 36.4 Å². The average Bonchev–Trinajstić information content (AvgIpc) is 3.30. The van der Waals surface area contributed by atoms with Gasteiger partial charge in [0.05, 0.1) is 38.5 Å². The summed E-state index contributed by atoms with van der Waals surface area (Å²) >= 11 is 0. The van der Waals surface area contributed by atoms with Crippen LogP contribution >= 0.6 is 0 Å². The molecule has 162 valence electrons. The van der Waals surface area contributed by atoms with Crippen molar-refractivity contribution >= 4 is 28.2 Å². The fourth-order valence-corrected chi connectivity index (χ4v) is 3.57. The number of aromatic nitrogens is 1. The van der Waals surface area contributed by atoms with E-state index in [2.05, 4.69) is 10.3 Å². The molecule has 1 saturated heterocycles. The molecule has 0 bridgehead atoms. The Kier molecular flexibility index (Phi) is 6.08. The molecule has 1 aliphatic heterocycles. The summed E-state index contributed by atoms with van der Waals surface area (Å²) in [5, 5.41) is 4.12. The van der Waals surface area contributed by atoms with Gasteiger partial charge < -0.3 is 30.0 Å². The van der Waals surface area contributed by atoms with Crippen molar-refractivity contribution in [1.82, 2.24) is 4.98 Å². The number of hydrogen-bond acceptors (Lipinski definition) is 7. The zero-order valence-electron chi connectivity index (χ0n) is 17.5. The Labute approximate surface area is 180 Å². The molecule has 0 aliphatic carbocycles. The molecule has 0 saturated carbocycles. The Hall–Kier alpha value is -3.52.